The average Bonchev–Trinajstić information content (AvgIpc) is 3.03. The molecule has 0 aliphatic carbocycles. The van der Waals surface area contributed by atoms with Crippen LogP contribution in [0.1, 0.15) is 11.4 Å². The van der Waals surface area contributed by atoms with Gasteiger partial charge < -0.3 is 16.0 Å². The van der Waals surface area contributed by atoms with Gasteiger partial charge in [-0.25, -0.2) is 13.8 Å². The monoisotopic (exact) mass is 399 g/mol. The van der Waals surface area contributed by atoms with Crippen molar-refractivity contribution in [3.8, 4) is 0 Å². The van der Waals surface area contributed by atoms with Gasteiger partial charge >= 0.3 is 0 Å². The molecule has 2 heterocycles. The summed E-state index contributed by atoms with van der Waals surface area (Å²) in [4.78, 5) is 19.8. The Morgan fingerprint density at radius 2 is 1.86 bits per heavy atom. The van der Waals surface area contributed by atoms with E-state index in [0.29, 0.717) is 33.7 Å². The number of rotatable bonds is 5. The highest BCUT2D eigenvalue weighted by Gasteiger charge is 2.11. The van der Waals surface area contributed by atoms with E-state index in [2.05, 4.69) is 30.2 Å². The maximum Gasteiger partial charge on any atom is 0.232 e. The quantitative estimate of drug-likeness (QED) is 0.436. The minimum atomic E-state index is -0.937. The van der Waals surface area contributed by atoms with Crippen LogP contribution >= 0.6 is 11.8 Å². The number of aryl methyl sites for hydroxylation is 1. The Bertz CT molecular complexity index is 1120. The van der Waals surface area contributed by atoms with E-state index in [-0.39, 0.29) is 5.95 Å². The van der Waals surface area contributed by atoms with E-state index in [1.807, 2.05) is 31.2 Å². The highest BCUT2D eigenvalue weighted by Crippen LogP contribution is 2.24. The van der Waals surface area contributed by atoms with Crippen molar-refractivity contribution in [2.45, 2.75) is 17.8 Å². The SMILES string of the molecule is Cc1ccccc1Nc1nc(N)nc(CSc2nc3cc(F)c(F)cc3[nH]2)n1. The van der Waals surface area contributed by atoms with E-state index in [1.54, 1.807) is 0 Å². The zero-order valence-corrected chi connectivity index (χ0v) is 15.5. The second kappa shape index (κ2) is 7.39. The normalized spacial score (nSPS) is 11.1. The number of aromatic nitrogens is 5. The molecule has 0 amide bonds. The fourth-order valence-corrected chi connectivity index (χ4v) is 3.31. The number of thioether (sulfide) groups is 1. The van der Waals surface area contributed by atoms with Crippen molar-refractivity contribution in [2.75, 3.05) is 11.1 Å². The standard InChI is InChI=1S/C18H15F2N7S/c1-9-4-2-3-5-12(9)22-17-26-15(25-16(21)27-17)8-28-18-23-13-6-10(19)11(20)7-14(13)24-18/h2-7H,8H2,1H3,(H,23,24)(H3,21,22,25,26,27). The van der Waals surface area contributed by atoms with Crippen molar-refractivity contribution in [1.29, 1.82) is 0 Å². The van der Waals surface area contributed by atoms with Crippen LogP contribution in [0.5, 0.6) is 0 Å². The maximum absolute atomic E-state index is 13.3. The van der Waals surface area contributed by atoms with Crippen molar-refractivity contribution in [3.63, 3.8) is 0 Å². The zero-order chi connectivity index (χ0) is 19.7. The lowest BCUT2D eigenvalue weighted by Crippen LogP contribution is -2.07. The largest absolute Gasteiger partial charge is 0.368 e. The number of para-hydroxylation sites is 1. The predicted molar refractivity (Wildman–Crippen MR) is 104 cm³/mol. The van der Waals surface area contributed by atoms with Crippen LogP contribution < -0.4 is 11.1 Å². The number of nitrogens with two attached hydrogens (primary N) is 1. The highest BCUT2D eigenvalue weighted by molar-refractivity contribution is 7.98. The van der Waals surface area contributed by atoms with E-state index in [0.717, 1.165) is 23.4 Å². The summed E-state index contributed by atoms with van der Waals surface area (Å²) in [6.07, 6.45) is 0. The molecule has 28 heavy (non-hydrogen) atoms. The molecule has 0 saturated carbocycles. The number of hydrogen-bond donors (Lipinski definition) is 3. The topological polar surface area (TPSA) is 105 Å². The van der Waals surface area contributed by atoms with Gasteiger partial charge in [0.1, 0.15) is 5.82 Å². The number of benzene rings is 2. The Labute approximate surface area is 162 Å². The number of imidazole rings is 1. The van der Waals surface area contributed by atoms with Gasteiger partial charge in [0.2, 0.25) is 11.9 Å². The molecule has 4 aromatic rings. The Kier molecular flexibility index (Phi) is 4.78. The Morgan fingerprint density at radius 1 is 1.07 bits per heavy atom. The number of fused-ring (bicyclic) bond motifs is 1. The van der Waals surface area contributed by atoms with Crippen molar-refractivity contribution in [3.05, 3.63) is 59.4 Å². The number of H-pyrrole nitrogens is 1. The maximum atomic E-state index is 13.3. The van der Waals surface area contributed by atoms with Gasteiger partial charge in [-0.1, -0.05) is 30.0 Å². The lowest BCUT2D eigenvalue weighted by Gasteiger charge is -2.09. The summed E-state index contributed by atoms with van der Waals surface area (Å²) in [7, 11) is 0. The second-order valence-corrected chi connectivity index (χ2v) is 6.95. The summed E-state index contributed by atoms with van der Waals surface area (Å²) in [6.45, 7) is 1.97. The number of halogens is 2. The van der Waals surface area contributed by atoms with Crippen LogP contribution in [0, 0.1) is 18.6 Å². The number of hydrogen-bond acceptors (Lipinski definition) is 7. The van der Waals surface area contributed by atoms with Crippen molar-refractivity contribution < 1.29 is 8.78 Å². The molecule has 7 nitrogen and oxygen atoms in total. The van der Waals surface area contributed by atoms with Gasteiger partial charge in [-0.15, -0.1) is 0 Å². The predicted octanol–water partition coefficient (Wildman–Crippen LogP) is 3.95. The van der Waals surface area contributed by atoms with E-state index in [9.17, 15) is 8.78 Å². The first-order valence-corrected chi connectivity index (χ1v) is 9.27. The minimum absolute atomic E-state index is 0.0930. The molecular formula is C18H15F2N7S. The minimum Gasteiger partial charge on any atom is -0.368 e. The van der Waals surface area contributed by atoms with E-state index >= 15 is 0 Å². The summed E-state index contributed by atoms with van der Waals surface area (Å²) in [5.41, 5.74) is 8.47. The molecule has 10 heteroatoms. The average molecular weight is 399 g/mol. The first-order chi connectivity index (χ1) is 13.5. The third kappa shape index (κ3) is 3.86. The Hall–Kier alpha value is -3.27. The molecule has 4 N–H and O–H groups in total. The molecule has 4 rings (SSSR count). The van der Waals surface area contributed by atoms with Crippen molar-refractivity contribution in [1.82, 2.24) is 24.9 Å². The molecule has 0 unspecified atom stereocenters. The molecule has 2 aromatic carbocycles. The number of nitrogen functional groups attached to an aromatic ring is 1. The third-order valence-corrected chi connectivity index (χ3v) is 4.80. The van der Waals surface area contributed by atoms with Gasteiger partial charge in [-0.2, -0.15) is 15.0 Å². The van der Waals surface area contributed by atoms with Crippen LogP contribution in [0.15, 0.2) is 41.6 Å². The van der Waals surface area contributed by atoms with Crippen molar-refractivity contribution in [2.24, 2.45) is 0 Å². The van der Waals surface area contributed by atoms with Gasteiger partial charge in [-0.05, 0) is 18.6 Å². The molecule has 0 aliphatic rings. The fourth-order valence-electron chi connectivity index (χ4n) is 2.57. The summed E-state index contributed by atoms with van der Waals surface area (Å²) in [5, 5.41) is 3.62. The number of anilines is 3. The lowest BCUT2D eigenvalue weighted by atomic mass is 10.2. The van der Waals surface area contributed by atoms with Gasteiger partial charge in [0.25, 0.3) is 0 Å². The fraction of sp³-hybridized carbons (Fsp3) is 0.111. The number of nitrogens with zero attached hydrogens (tertiary/aromatic N) is 4. The molecule has 0 saturated heterocycles. The number of nitrogens with one attached hydrogen (secondary N) is 2. The van der Waals surface area contributed by atoms with Gasteiger partial charge in [0.05, 0.1) is 16.8 Å². The first kappa shape index (κ1) is 18.1. The van der Waals surface area contributed by atoms with Gasteiger partial charge in [-0.3, -0.25) is 0 Å². The molecular weight excluding hydrogens is 384 g/mol. The Morgan fingerprint density at radius 3 is 2.68 bits per heavy atom. The zero-order valence-electron chi connectivity index (χ0n) is 14.7. The summed E-state index contributed by atoms with van der Waals surface area (Å²) in [6, 6.07) is 9.86. The molecule has 0 radical (unpaired) electrons. The van der Waals surface area contributed by atoms with Crippen LogP contribution in [0.4, 0.5) is 26.4 Å². The van der Waals surface area contributed by atoms with Crippen LogP contribution in [0.2, 0.25) is 0 Å². The number of aromatic amines is 1. The van der Waals surface area contributed by atoms with E-state index in [1.165, 1.54) is 11.8 Å². The molecule has 142 valence electrons. The molecule has 0 fully saturated rings. The smallest absolute Gasteiger partial charge is 0.232 e. The van der Waals surface area contributed by atoms with Crippen LogP contribution in [0.25, 0.3) is 11.0 Å². The van der Waals surface area contributed by atoms with Gasteiger partial charge in [0, 0.05) is 17.8 Å². The molecule has 0 spiro atoms. The molecule has 2 aromatic heterocycles. The summed E-state index contributed by atoms with van der Waals surface area (Å²) < 4.78 is 26.6. The van der Waals surface area contributed by atoms with E-state index < -0.39 is 11.6 Å². The van der Waals surface area contributed by atoms with Crippen molar-refractivity contribution >= 4 is 40.4 Å². The van der Waals surface area contributed by atoms with Gasteiger partial charge in [0.15, 0.2) is 16.8 Å². The summed E-state index contributed by atoms with van der Waals surface area (Å²) >= 11 is 1.29. The Balaban J connectivity index is 1.52. The van der Waals surface area contributed by atoms with Crippen LogP contribution in [-0.2, 0) is 5.75 Å². The molecule has 0 atom stereocenters. The highest BCUT2D eigenvalue weighted by atomic mass is 32.2. The first-order valence-electron chi connectivity index (χ1n) is 8.28. The van der Waals surface area contributed by atoms with E-state index in [4.69, 9.17) is 5.73 Å². The summed E-state index contributed by atoms with van der Waals surface area (Å²) in [5.74, 6) is -0.634. The second-order valence-electron chi connectivity index (χ2n) is 5.99. The molecule has 0 aliphatic heterocycles. The van der Waals surface area contributed by atoms with Crippen LogP contribution in [0.3, 0.4) is 0 Å². The van der Waals surface area contributed by atoms with Crippen LogP contribution in [-0.4, -0.2) is 24.9 Å². The third-order valence-electron chi connectivity index (χ3n) is 3.93. The lowest BCUT2D eigenvalue weighted by molar-refractivity contribution is 0.510. The molecule has 0 bridgehead atoms.